The Morgan fingerprint density at radius 3 is 2.57 bits per heavy atom. The topological polar surface area (TPSA) is 71.2 Å². The van der Waals surface area contributed by atoms with Gasteiger partial charge in [-0.2, -0.15) is 0 Å². The van der Waals surface area contributed by atoms with Gasteiger partial charge in [-0.05, 0) is 34.9 Å². The third kappa shape index (κ3) is 6.36. The summed E-state index contributed by atoms with van der Waals surface area (Å²) in [5.41, 5.74) is 11.2. The lowest BCUT2D eigenvalue weighted by atomic mass is 10.1. The Morgan fingerprint density at radius 1 is 1.06 bits per heavy atom. The van der Waals surface area contributed by atoms with E-state index in [-0.39, 0.29) is 5.91 Å². The van der Waals surface area contributed by atoms with Gasteiger partial charge in [-0.1, -0.05) is 72.3 Å². The molecule has 1 aromatic heterocycles. The molecule has 0 bridgehead atoms. The first kappa shape index (κ1) is 24.7. The molecule has 5 nitrogen and oxygen atoms in total. The van der Waals surface area contributed by atoms with E-state index in [0.29, 0.717) is 36.8 Å². The molecule has 7 heteroatoms. The van der Waals surface area contributed by atoms with Crippen molar-refractivity contribution < 1.29 is 4.79 Å². The van der Waals surface area contributed by atoms with Gasteiger partial charge in [0.15, 0.2) is 5.13 Å². The highest BCUT2D eigenvalue weighted by molar-refractivity contribution is 7.14. The summed E-state index contributed by atoms with van der Waals surface area (Å²) in [6.07, 6.45) is 1.86. The van der Waals surface area contributed by atoms with Crippen LogP contribution >= 0.6 is 22.9 Å². The van der Waals surface area contributed by atoms with Gasteiger partial charge in [0.25, 0.3) is 5.91 Å². The monoisotopic (exact) mass is 502 g/mol. The average molecular weight is 503 g/mol. The molecule has 178 valence electrons. The maximum atomic E-state index is 12.6. The number of hydrogen-bond acceptors (Lipinski definition) is 5. The van der Waals surface area contributed by atoms with Crippen LogP contribution in [0.1, 0.15) is 27.0 Å². The van der Waals surface area contributed by atoms with Gasteiger partial charge in [-0.15, -0.1) is 17.9 Å². The number of halogens is 1. The van der Waals surface area contributed by atoms with E-state index in [0.717, 1.165) is 33.1 Å². The van der Waals surface area contributed by atoms with Gasteiger partial charge in [0.2, 0.25) is 0 Å². The van der Waals surface area contributed by atoms with Crippen LogP contribution in [0.2, 0.25) is 5.02 Å². The zero-order chi connectivity index (χ0) is 24.6. The first-order chi connectivity index (χ1) is 17.1. The number of nitrogens with two attached hydrogens (primary N) is 1. The summed E-state index contributed by atoms with van der Waals surface area (Å²) in [5.74, 6) is -0.109. The largest absolute Gasteiger partial charge is 0.348 e. The fourth-order valence-corrected chi connectivity index (χ4v) is 4.77. The molecule has 3 aromatic carbocycles. The van der Waals surface area contributed by atoms with Crippen molar-refractivity contribution in [2.45, 2.75) is 19.6 Å². The van der Waals surface area contributed by atoms with Crippen molar-refractivity contribution in [3.8, 4) is 11.3 Å². The minimum atomic E-state index is -0.109. The number of anilines is 1. The fraction of sp³-hybridized carbons (Fsp3) is 0.143. The smallest absolute Gasteiger partial charge is 0.251 e. The number of rotatable bonds is 10. The van der Waals surface area contributed by atoms with Gasteiger partial charge >= 0.3 is 0 Å². The number of aromatic nitrogens is 1. The number of thiazole rings is 1. The summed E-state index contributed by atoms with van der Waals surface area (Å²) in [6.45, 7) is 6.13. The molecule has 0 aliphatic carbocycles. The van der Waals surface area contributed by atoms with E-state index in [1.165, 1.54) is 0 Å². The summed E-state index contributed by atoms with van der Waals surface area (Å²) in [4.78, 5) is 19.6. The Kier molecular flexibility index (Phi) is 8.32. The molecule has 1 heterocycles. The zero-order valence-electron chi connectivity index (χ0n) is 19.3. The van der Waals surface area contributed by atoms with Gasteiger partial charge in [-0.3, -0.25) is 4.79 Å². The van der Waals surface area contributed by atoms with Crippen molar-refractivity contribution >= 4 is 34.0 Å². The summed E-state index contributed by atoms with van der Waals surface area (Å²) >= 11 is 7.92. The molecule has 4 rings (SSSR count). The van der Waals surface area contributed by atoms with E-state index in [2.05, 4.69) is 16.8 Å². The van der Waals surface area contributed by atoms with Crippen LogP contribution in [0.15, 0.2) is 90.8 Å². The molecule has 0 saturated heterocycles. The zero-order valence-corrected chi connectivity index (χ0v) is 20.9. The Hall–Kier alpha value is -3.45. The number of hydrogen-bond donors (Lipinski definition) is 2. The summed E-state index contributed by atoms with van der Waals surface area (Å²) < 4.78 is 0. The Balaban J connectivity index is 1.41. The quantitative estimate of drug-likeness (QED) is 0.259. The molecule has 0 radical (unpaired) electrons. The van der Waals surface area contributed by atoms with Crippen LogP contribution < -0.4 is 16.0 Å². The van der Waals surface area contributed by atoms with Crippen LogP contribution in [-0.2, 0) is 19.6 Å². The second-order valence-corrected chi connectivity index (χ2v) is 9.31. The molecule has 35 heavy (non-hydrogen) atoms. The van der Waals surface area contributed by atoms with Gasteiger partial charge in [0, 0.05) is 47.7 Å². The lowest BCUT2D eigenvalue weighted by Gasteiger charge is -2.20. The van der Waals surface area contributed by atoms with E-state index in [1.54, 1.807) is 11.3 Å². The van der Waals surface area contributed by atoms with Crippen molar-refractivity contribution in [3.63, 3.8) is 0 Å². The maximum absolute atomic E-state index is 12.6. The van der Waals surface area contributed by atoms with Gasteiger partial charge in [0.1, 0.15) is 0 Å². The molecule has 0 spiro atoms. The molecule has 0 aliphatic heterocycles. The second-order valence-electron chi connectivity index (χ2n) is 8.07. The van der Waals surface area contributed by atoms with E-state index >= 15 is 0 Å². The highest BCUT2D eigenvalue weighted by Gasteiger charge is 2.14. The molecule has 1 amide bonds. The van der Waals surface area contributed by atoms with E-state index < -0.39 is 0 Å². The molecule has 0 fully saturated rings. The summed E-state index contributed by atoms with van der Waals surface area (Å²) in [6, 6.07) is 23.3. The number of carbonyl (C=O) groups excluding carboxylic acids is 1. The molecule has 0 aliphatic rings. The fourth-order valence-electron chi connectivity index (χ4n) is 3.70. The number of carbonyl (C=O) groups is 1. The van der Waals surface area contributed by atoms with Gasteiger partial charge in [0.05, 0.1) is 5.69 Å². The van der Waals surface area contributed by atoms with Crippen molar-refractivity contribution in [1.82, 2.24) is 10.3 Å². The molecular weight excluding hydrogens is 476 g/mol. The minimum Gasteiger partial charge on any atom is -0.348 e. The number of nitrogens with zero attached hydrogens (tertiary/aromatic N) is 2. The predicted octanol–water partition coefficient (Wildman–Crippen LogP) is 6.04. The molecule has 0 unspecified atom stereocenters. The third-order valence-corrected chi connectivity index (χ3v) is 6.76. The molecule has 3 N–H and O–H groups in total. The minimum absolute atomic E-state index is 0.109. The number of benzene rings is 3. The van der Waals surface area contributed by atoms with E-state index in [4.69, 9.17) is 22.3 Å². The lowest BCUT2D eigenvalue weighted by molar-refractivity contribution is 0.0951. The molecule has 0 saturated carbocycles. The van der Waals surface area contributed by atoms with Crippen LogP contribution in [-0.4, -0.2) is 17.4 Å². The third-order valence-electron chi connectivity index (χ3n) is 5.53. The number of nitrogens with one attached hydrogen (secondary N) is 1. The van der Waals surface area contributed by atoms with Crippen molar-refractivity contribution in [2.75, 3.05) is 11.4 Å². The van der Waals surface area contributed by atoms with Crippen molar-refractivity contribution in [1.29, 1.82) is 0 Å². The standard InChI is InChI=1S/C28H27ClN4OS/c1-2-14-33(28-32-26(19-35-28)24-8-3-4-9-25(24)29)18-20-10-12-23(13-11-20)27(34)31-17-22-7-5-6-21(15-22)16-30/h2-13,15,19H,1,14,16-18,30H2,(H,31,34). The molecule has 4 aromatic rings. The van der Waals surface area contributed by atoms with Crippen LogP contribution in [0.4, 0.5) is 5.13 Å². The Morgan fingerprint density at radius 2 is 1.83 bits per heavy atom. The van der Waals surface area contributed by atoms with Crippen LogP contribution in [0.25, 0.3) is 11.3 Å². The van der Waals surface area contributed by atoms with E-state index in [9.17, 15) is 4.79 Å². The van der Waals surface area contributed by atoms with Gasteiger partial charge in [-0.25, -0.2) is 4.98 Å². The van der Waals surface area contributed by atoms with Crippen LogP contribution in [0, 0.1) is 0 Å². The molecular formula is C28H27ClN4OS. The van der Waals surface area contributed by atoms with Crippen molar-refractivity contribution in [2.24, 2.45) is 5.73 Å². The first-order valence-corrected chi connectivity index (χ1v) is 12.5. The lowest BCUT2D eigenvalue weighted by Crippen LogP contribution is -2.24. The molecule has 0 atom stereocenters. The van der Waals surface area contributed by atoms with Crippen LogP contribution in [0.5, 0.6) is 0 Å². The second kappa shape index (κ2) is 11.8. The normalized spacial score (nSPS) is 10.7. The Labute approximate surface area is 214 Å². The summed E-state index contributed by atoms with van der Waals surface area (Å²) in [7, 11) is 0. The first-order valence-electron chi connectivity index (χ1n) is 11.3. The van der Waals surface area contributed by atoms with Gasteiger partial charge < -0.3 is 16.0 Å². The number of amides is 1. The Bertz CT molecular complexity index is 1300. The highest BCUT2D eigenvalue weighted by atomic mass is 35.5. The summed E-state index contributed by atoms with van der Waals surface area (Å²) in [5, 5.41) is 6.56. The van der Waals surface area contributed by atoms with E-state index in [1.807, 2.05) is 84.3 Å². The predicted molar refractivity (Wildman–Crippen MR) is 146 cm³/mol. The SMILES string of the molecule is C=CCN(Cc1ccc(C(=O)NCc2cccc(CN)c2)cc1)c1nc(-c2ccccc2Cl)cs1. The van der Waals surface area contributed by atoms with Crippen LogP contribution in [0.3, 0.4) is 0 Å². The van der Waals surface area contributed by atoms with Crippen molar-refractivity contribution in [3.05, 3.63) is 118 Å². The maximum Gasteiger partial charge on any atom is 0.251 e. The average Bonchev–Trinajstić information content (AvgIpc) is 3.38. The highest BCUT2D eigenvalue weighted by Crippen LogP contribution is 2.32.